The van der Waals surface area contributed by atoms with Gasteiger partial charge >= 0.3 is 5.97 Å². The van der Waals surface area contributed by atoms with Gasteiger partial charge in [-0.3, -0.25) is 0 Å². The Hall–Kier alpha value is -1.58. The maximum absolute atomic E-state index is 13.9. The summed E-state index contributed by atoms with van der Waals surface area (Å²) >= 11 is 0. The number of benzene rings is 1. The summed E-state index contributed by atoms with van der Waals surface area (Å²) < 4.78 is 18.9. The van der Waals surface area contributed by atoms with E-state index >= 15 is 0 Å². The van der Waals surface area contributed by atoms with Crippen LogP contribution < -0.4 is 5.32 Å². The van der Waals surface area contributed by atoms with Gasteiger partial charge in [-0.1, -0.05) is 38.8 Å². The molecule has 0 heterocycles. The summed E-state index contributed by atoms with van der Waals surface area (Å²) in [5, 5.41) is 3.14. The first-order valence-corrected chi connectivity index (χ1v) is 7.12. The second-order valence-electron chi connectivity index (χ2n) is 5.73. The van der Waals surface area contributed by atoms with Crippen molar-refractivity contribution < 1.29 is 13.9 Å². The van der Waals surface area contributed by atoms with Crippen LogP contribution in [0.5, 0.6) is 0 Å². The molecule has 2 rings (SSSR count). The van der Waals surface area contributed by atoms with Gasteiger partial charge < -0.3 is 10.1 Å². The molecular weight excluding hydrogens is 257 g/mol. The molecule has 1 fully saturated rings. The van der Waals surface area contributed by atoms with Crippen LogP contribution in [0.3, 0.4) is 0 Å². The van der Waals surface area contributed by atoms with Gasteiger partial charge in [0.25, 0.3) is 0 Å². The number of hydrogen-bond acceptors (Lipinski definition) is 3. The van der Waals surface area contributed by atoms with Crippen molar-refractivity contribution in [1.29, 1.82) is 0 Å². The fourth-order valence-electron chi connectivity index (χ4n) is 3.17. The van der Waals surface area contributed by atoms with E-state index in [1.807, 2.05) is 6.92 Å². The highest BCUT2D eigenvalue weighted by Crippen LogP contribution is 2.41. The molecule has 3 nitrogen and oxygen atoms in total. The molecule has 0 bridgehead atoms. The lowest BCUT2D eigenvalue weighted by Gasteiger charge is -2.44. The van der Waals surface area contributed by atoms with Crippen molar-refractivity contribution in [2.45, 2.75) is 38.6 Å². The summed E-state index contributed by atoms with van der Waals surface area (Å²) in [6.45, 7) is 4.17. The van der Waals surface area contributed by atoms with E-state index < -0.39 is 5.54 Å². The highest BCUT2D eigenvalue weighted by molar-refractivity contribution is 5.85. The zero-order chi connectivity index (χ0) is 14.8. The Kier molecular flexibility index (Phi) is 4.31. The van der Waals surface area contributed by atoms with Gasteiger partial charge in [0.2, 0.25) is 0 Å². The van der Waals surface area contributed by atoms with Crippen LogP contribution >= 0.6 is 0 Å². The minimum Gasteiger partial charge on any atom is -0.467 e. The molecule has 110 valence electrons. The van der Waals surface area contributed by atoms with Gasteiger partial charge in [-0.15, -0.1) is 0 Å². The summed E-state index contributed by atoms with van der Waals surface area (Å²) in [6.07, 6.45) is 2.68. The Bertz CT molecular complexity index is 491. The zero-order valence-corrected chi connectivity index (χ0v) is 12.3. The summed E-state index contributed by atoms with van der Waals surface area (Å²) in [6, 6.07) is 6.45. The highest BCUT2D eigenvalue weighted by Gasteiger charge is 2.48. The van der Waals surface area contributed by atoms with E-state index in [4.69, 9.17) is 4.74 Å². The molecule has 4 heteroatoms. The molecule has 0 aromatic heterocycles. The molecule has 0 saturated heterocycles. The Balaban J connectivity index is 2.38. The lowest BCUT2D eigenvalue weighted by Crippen LogP contribution is -2.56. The second kappa shape index (κ2) is 5.81. The van der Waals surface area contributed by atoms with Crippen molar-refractivity contribution >= 4 is 11.7 Å². The maximum Gasteiger partial charge on any atom is 0.331 e. The first-order chi connectivity index (χ1) is 9.51. The van der Waals surface area contributed by atoms with E-state index in [-0.39, 0.29) is 17.7 Å². The van der Waals surface area contributed by atoms with Crippen LogP contribution in [-0.4, -0.2) is 18.6 Å². The Morgan fingerprint density at radius 2 is 2.10 bits per heavy atom. The molecule has 1 aliphatic carbocycles. The quantitative estimate of drug-likeness (QED) is 0.859. The third kappa shape index (κ3) is 2.51. The second-order valence-corrected chi connectivity index (χ2v) is 5.73. The number of hydrogen-bond donors (Lipinski definition) is 1. The molecule has 1 aliphatic rings. The standard InChI is InChI=1S/C16H22FNO2/c1-11-7-6-10-16(12(11)2,15(19)20-3)18-14-9-5-4-8-13(14)17/h4-5,8-9,11-12,18H,6-7,10H2,1-3H3. The normalized spacial score (nSPS) is 29.8. The van der Waals surface area contributed by atoms with E-state index in [1.165, 1.54) is 13.2 Å². The molecule has 1 N–H and O–H groups in total. The number of para-hydroxylation sites is 1. The van der Waals surface area contributed by atoms with Gasteiger partial charge in [0, 0.05) is 0 Å². The third-order valence-corrected chi connectivity index (χ3v) is 4.64. The topological polar surface area (TPSA) is 38.3 Å². The van der Waals surface area contributed by atoms with Crippen LogP contribution in [-0.2, 0) is 9.53 Å². The Morgan fingerprint density at radius 3 is 2.75 bits per heavy atom. The number of halogens is 1. The van der Waals surface area contributed by atoms with Crippen molar-refractivity contribution in [3.8, 4) is 0 Å². The predicted molar refractivity (Wildman–Crippen MR) is 76.9 cm³/mol. The number of carbonyl (C=O) groups excluding carboxylic acids is 1. The van der Waals surface area contributed by atoms with Crippen molar-refractivity contribution in [2.75, 3.05) is 12.4 Å². The zero-order valence-electron chi connectivity index (χ0n) is 12.3. The van der Waals surface area contributed by atoms with Crippen molar-refractivity contribution in [3.05, 3.63) is 30.1 Å². The lowest BCUT2D eigenvalue weighted by molar-refractivity contribution is -0.150. The molecule has 0 spiro atoms. The summed E-state index contributed by atoms with van der Waals surface area (Å²) in [7, 11) is 1.39. The molecular formula is C16H22FNO2. The third-order valence-electron chi connectivity index (χ3n) is 4.64. The van der Waals surface area contributed by atoms with E-state index in [0.717, 1.165) is 12.8 Å². The number of methoxy groups -OCH3 is 1. The van der Waals surface area contributed by atoms with Crippen molar-refractivity contribution in [2.24, 2.45) is 11.8 Å². The maximum atomic E-state index is 13.9. The van der Waals surface area contributed by atoms with Gasteiger partial charge in [-0.25, -0.2) is 9.18 Å². The number of rotatable bonds is 3. The largest absolute Gasteiger partial charge is 0.467 e. The Morgan fingerprint density at radius 1 is 1.40 bits per heavy atom. The van der Waals surface area contributed by atoms with E-state index in [2.05, 4.69) is 12.2 Å². The smallest absolute Gasteiger partial charge is 0.331 e. The van der Waals surface area contributed by atoms with Gasteiger partial charge in [0.1, 0.15) is 11.4 Å². The molecule has 1 saturated carbocycles. The average molecular weight is 279 g/mol. The SMILES string of the molecule is COC(=O)C1(Nc2ccccc2F)CCCC(C)C1C. The first kappa shape index (κ1) is 14.8. The van der Waals surface area contributed by atoms with Crippen LogP contribution in [0.4, 0.5) is 10.1 Å². The number of ether oxygens (including phenoxy) is 1. The van der Waals surface area contributed by atoms with Crippen LogP contribution in [0.15, 0.2) is 24.3 Å². The van der Waals surface area contributed by atoms with Crippen LogP contribution in [0, 0.1) is 17.7 Å². The molecule has 0 radical (unpaired) electrons. The molecule has 1 aromatic carbocycles. The van der Waals surface area contributed by atoms with E-state index in [0.29, 0.717) is 18.0 Å². The fraction of sp³-hybridized carbons (Fsp3) is 0.562. The van der Waals surface area contributed by atoms with Crippen LogP contribution in [0.25, 0.3) is 0 Å². The molecule has 0 aliphatic heterocycles. The average Bonchev–Trinajstić information content (AvgIpc) is 2.45. The summed E-state index contributed by atoms with van der Waals surface area (Å²) in [5.74, 6) is -0.175. The molecule has 3 atom stereocenters. The highest BCUT2D eigenvalue weighted by atomic mass is 19.1. The lowest BCUT2D eigenvalue weighted by atomic mass is 9.68. The van der Waals surface area contributed by atoms with Crippen molar-refractivity contribution in [3.63, 3.8) is 0 Å². The fourth-order valence-corrected chi connectivity index (χ4v) is 3.17. The minimum absolute atomic E-state index is 0.0864. The monoisotopic (exact) mass is 279 g/mol. The molecule has 1 aromatic rings. The van der Waals surface area contributed by atoms with E-state index in [9.17, 15) is 9.18 Å². The number of esters is 1. The van der Waals surface area contributed by atoms with Crippen molar-refractivity contribution in [1.82, 2.24) is 0 Å². The van der Waals surface area contributed by atoms with E-state index in [1.54, 1.807) is 18.2 Å². The molecule has 20 heavy (non-hydrogen) atoms. The van der Waals surface area contributed by atoms with Crippen LogP contribution in [0.2, 0.25) is 0 Å². The summed E-state index contributed by atoms with van der Waals surface area (Å²) in [5.41, 5.74) is -0.479. The number of carbonyl (C=O) groups is 1. The Labute approximate surface area is 119 Å². The predicted octanol–water partition coefficient (Wildman–Crippen LogP) is 3.61. The molecule has 3 unspecified atom stereocenters. The first-order valence-electron chi connectivity index (χ1n) is 7.12. The molecule has 0 amide bonds. The number of anilines is 1. The van der Waals surface area contributed by atoms with Gasteiger partial charge in [-0.05, 0) is 30.4 Å². The minimum atomic E-state index is -0.839. The van der Waals surface area contributed by atoms with Crippen LogP contribution in [0.1, 0.15) is 33.1 Å². The van der Waals surface area contributed by atoms with Gasteiger partial charge in [0.15, 0.2) is 0 Å². The van der Waals surface area contributed by atoms with Gasteiger partial charge in [-0.2, -0.15) is 0 Å². The van der Waals surface area contributed by atoms with Gasteiger partial charge in [0.05, 0.1) is 12.8 Å². The number of nitrogens with one attached hydrogen (secondary N) is 1. The summed E-state index contributed by atoms with van der Waals surface area (Å²) in [4.78, 5) is 12.4.